The fourth-order valence-corrected chi connectivity index (χ4v) is 4.60. The second-order valence-electron chi connectivity index (χ2n) is 8.20. The van der Waals surface area contributed by atoms with Crippen LogP contribution in [0.3, 0.4) is 0 Å². The zero-order valence-corrected chi connectivity index (χ0v) is 21.3. The van der Waals surface area contributed by atoms with Gasteiger partial charge in [-0.1, -0.05) is 42.8 Å². The van der Waals surface area contributed by atoms with Crippen molar-refractivity contribution >= 4 is 34.3 Å². The van der Waals surface area contributed by atoms with Gasteiger partial charge in [0.15, 0.2) is 0 Å². The SMILES string of the molecule is COC(=O)CCCCC(c1ccc(OC(=O)CCl)cc1)c1c(C)c(OC)c2ccccc2c1OC. The van der Waals surface area contributed by atoms with Crippen LogP contribution in [0.5, 0.6) is 17.2 Å². The molecule has 0 amide bonds. The number of carbonyl (C=O) groups excluding carboxylic acids is 2. The van der Waals surface area contributed by atoms with E-state index in [2.05, 4.69) is 0 Å². The van der Waals surface area contributed by atoms with Gasteiger partial charge in [0.05, 0.1) is 21.3 Å². The second kappa shape index (κ2) is 12.5. The molecule has 186 valence electrons. The number of rotatable bonds is 11. The molecule has 7 heteroatoms. The number of fused-ring (bicyclic) bond motifs is 1. The second-order valence-corrected chi connectivity index (χ2v) is 8.47. The largest absolute Gasteiger partial charge is 0.496 e. The molecule has 0 spiro atoms. The Hall–Kier alpha value is -3.25. The third-order valence-corrected chi connectivity index (χ3v) is 6.36. The van der Waals surface area contributed by atoms with Crippen LogP contribution in [0.4, 0.5) is 0 Å². The van der Waals surface area contributed by atoms with Gasteiger partial charge in [-0.05, 0) is 43.0 Å². The van der Waals surface area contributed by atoms with Gasteiger partial charge in [0, 0.05) is 28.7 Å². The third kappa shape index (κ3) is 6.06. The average Bonchev–Trinajstić information content (AvgIpc) is 2.88. The summed E-state index contributed by atoms with van der Waals surface area (Å²) in [6.45, 7) is 2.04. The highest BCUT2D eigenvalue weighted by Gasteiger charge is 2.26. The lowest BCUT2D eigenvalue weighted by atomic mass is 9.82. The summed E-state index contributed by atoms with van der Waals surface area (Å²) in [5.41, 5.74) is 3.07. The lowest BCUT2D eigenvalue weighted by Gasteiger charge is -2.26. The van der Waals surface area contributed by atoms with Gasteiger partial charge in [0.1, 0.15) is 23.1 Å². The zero-order chi connectivity index (χ0) is 25.4. The van der Waals surface area contributed by atoms with E-state index < -0.39 is 5.97 Å². The molecule has 0 bridgehead atoms. The highest BCUT2D eigenvalue weighted by Crippen LogP contribution is 2.47. The normalized spacial score (nSPS) is 11.7. The van der Waals surface area contributed by atoms with Crippen LogP contribution in [0.2, 0.25) is 0 Å². The summed E-state index contributed by atoms with van der Waals surface area (Å²) >= 11 is 5.56. The minimum Gasteiger partial charge on any atom is -0.496 e. The molecular weight excluding hydrogens is 468 g/mol. The predicted octanol–water partition coefficient (Wildman–Crippen LogP) is 6.17. The van der Waals surface area contributed by atoms with Crippen molar-refractivity contribution in [1.82, 2.24) is 0 Å². The molecule has 3 aromatic rings. The van der Waals surface area contributed by atoms with Crippen LogP contribution in [0.1, 0.15) is 48.3 Å². The zero-order valence-electron chi connectivity index (χ0n) is 20.6. The maximum absolute atomic E-state index is 11.6. The first-order valence-electron chi connectivity index (χ1n) is 11.5. The number of methoxy groups -OCH3 is 3. The molecule has 6 nitrogen and oxygen atoms in total. The van der Waals surface area contributed by atoms with Crippen LogP contribution in [0, 0.1) is 6.92 Å². The molecule has 0 radical (unpaired) electrons. The van der Waals surface area contributed by atoms with E-state index >= 15 is 0 Å². The summed E-state index contributed by atoms with van der Waals surface area (Å²) in [5.74, 6) is 1.07. The summed E-state index contributed by atoms with van der Waals surface area (Å²) in [5, 5.41) is 1.96. The molecule has 35 heavy (non-hydrogen) atoms. The summed E-state index contributed by atoms with van der Waals surface area (Å²) in [6, 6.07) is 15.4. The Morgan fingerprint density at radius 1 is 0.857 bits per heavy atom. The molecule has 1 atom stereocenters. The minimum atomic E-state index is -0.504. The van der Waals surface area contributed by atoms with Crippen LogP contribution in [-0.2, 0) is 14.3 Å². The standard InChI is InChI=1S/C28H31ClO6/c1-18-26(28(34-4)23-11-6-5-10-22(23)27(18)33-3)21(9-7-8-12-24(30)32-2)19-13-15-20(16-14-19)35-25(31)17-29/h5-6,10-11,13-16,21H,7-9,12,17H2,1-4H3. The van der Waals surface area contributed by atoms with Crippen LogP contribution >= 0.6 is 11.6 Å². The average molecular weight is 499 g/mol. The van der Waals surface area contributed by atoms with E-state index in [4.69, 9.17) is 30.5 Å². The third-order valence-electron chi connectivity index (χ3n) is 6.14. The van der Waals surface area contributed by atoms with Gasteiger partial charge < -0.3 is 18.9 Å². The molecule has 1 unspecified atom stereocenters. The number of carbonyl (C=O) groups is 2. The quantitative estimate of drug-likeness (QED) is 0.136. The maximum atomic E-state index is 11.6. The van der Waals surface area contributed by atoms with E-state index in [1.54, 1.807) is 26.4 Å². The number of esters is 2. The van der Waals surface area contributed by atoms with Gasteiger partial charge in [-0.25, -0.2) is 0 Å². The van der Waals surface area contributed by atoms with Crippen molar-refractivity contribution in [1.29, 1.82) is 0 Å². The van der Waals surface area contributed by atoms with E-state index in [-0.39, 0.29) is 17.8 Å². The first kappa shape index (κ1) is 26.4. The maximum Gasteiger partial charge on any atom is 0.326 e. The highest BCUT2D eigenvalue weighted by molar-refractivity contribution is 6.26. The van der Waals surface area contributed by atoms with E-state index in [0.29, 0.717) is 18.6 Å². The number of hydrogen-bond donors (Lipinski definition) is 0. The molecule has 0 N–H and O–H groups in total. The topological polar surface area (TPSA) is 71.1 Å². The highest BCUT2D eigenvalue weighted by atomic mass is 35.5. The molecule has 0 aromatic heterocycles. The number of benzene rings is 3. The lowest BCUT2D eigenvalue weighted by Crippen LogP contribution is -2.10. The lowest BCUT2D eigenvalue weighted by molar-refractivity contribution is -0.140. The molecule has 0 heterocycles. The predicted molar refractivity (Wildman–Crippen MR) is 137 cm³/mol. The van der Waals surface area contributed by atoms with Gasteiger partial charge in [0.25, 0.3) is 0 Å². The molecule has 0 aliphatic carbocycles. The van der Waals surface area contributed by atoms with Gasteiger partial charge >= 0.3 is 11.9 Å². The number of hydrogen-bond acceptors (Lipinski definition) is 6. The van der Waals surface area contributed by atoms with E-state index in [1.165, 1.54) is 7.11 Å². The Kier molecular flexibility index (Phi) is 9.38. The molecule has 0 saturated carbocycles. The first-order valence-corrected chi connectivity index (χ1v) is 12.0. The molecular formula is C28H31ClO6. The molecule has 0 saturated heterocycles. The Morgan fingerprint density at radius 3 is 2.06 bits per heavy atom. The number of alkyl halides is 1. The van der Waals surface area contributed by atoms with Gasteiger partial charge in [-0.2, -0.15) is 0 Å². The van der Waals surface area contributed by atoms with E-state index in [9.17, 15) is 9.59 Å². The Morgan fingerprint density at radius 2 is 1.49 bits per heavy atom. The van der Waals surface area contributed by atoms with Crippen molar-refractivity contribution in [3.63, 3.8) is 0 Å². The van der Waals surface area contributed by atoms with Gasteiger partial charge in [0.2, 0.25) is 0 Å². The molecule has 0 aliphatic heterocycles. The Bertz CT molecular complexity index is 1170. The summed E-state index contributed by atoms with van der Waals surface area (Å²) in [4.78, 5) is 23.2. The van der Waals surface area contributed by atoms with Gasteiger partial charge in [-0.3, -0.25) is 9.59 Å². The van der Waals surface area contributed by atoms with Crippen molar-refractivity contribution in [2.45, 2.75) is 38.5 Å². The van der Waals surface area contributed by atoms with E-state index in [0.717, 1.165) is 51.8 Å². The summed E-state index contributed by atoms with van der Waals surface area (Å²) < 4.78 is 21.9. The fourth-order valence-electron chi connectivity index (χ4n) is 4.55. The summed E-state index contributed by atoms with van der Waals surface area (Å²) in [6.07, 6.45) is 2.66. The summed E-state index contributed by atoms with van der Waals surface area (Å²) in [7, 11) is 4.76. The van der Waals surface area contributed by atoms with Crippen molar-refractivity contribution in [2.75, 3.05) is 27.2 Å². The van der Waals surface area contributed by atoms with Crippen molar-refractivity contribution in [3.8, 4) is 17.2 Å². The fraction of sp³-hybridized carbons (Fsp3) is 0.357. The Balaban J connectivity index is 2.09. The molecule has 0 fully saturated rings. The number of unbranched alkanes of at least 4 members (excludes halogenated alkanes) is 1. The number of halogens is 1. The molecule has 0 aliphatic rings. The first-order chi connectivity index (χ1) is 16.9. The van der Waals surface area contributed by atoms with Crippen LogP contribution in [-0.4, -0.2) is 39.1 Å². The van der Waals surface area contributed by atoms with E-state index in [1.807, 2.05) is 43.3 Å². The van der Waals surface area contributed by atoms with Crippen molar-refractivity contribution in [2.24, 2.45) is 0 Å². The molecule has 3 aromatic carbocycles. The van der Waals surface area contributed by atoms with Crippen LogP contribution < -0.4 is 14.2 Å². The van der Waals surface area contributed by atoms with Gasteiger partial charge in [-0.15, -0.1) is 11.6 Å². The Labute approximate surface area is 211 Å². The van der Waals surface area contributed by atoms with Crippen molar-refractivity contribution < 1.29 is 28.5 Å². The van der Waals surface area contributed by atoms with Crippen LogP contribution in [0.25, 0.3) is 10.8 Å². The smallest absolute Gasteiger partial charge is 0.326 e. The minimum absolute atomic E-state index is 0.0427. The molecule has 3 rings (SSSR count). The van der Waals surface area contributed by atoms with Crippen molar-refractivity contribution in [3.05, 3.63) is 65.2 Å². The van der Waals surface area contributed by atoms with Crippen LogP contribution in [0.15, 0.2) is 48.5 Å². The monoisotopic (exact) mass is 498 g/mol. The number of ether oxygens (including phenoxy) is 4.